The van der Waals surface area contributed by atoms with Crippen molar-refractivity contribution in [2.75, 3.05) is 16.4 Å². The van der Waals surface area contributed by atoms with Crippen LogP contribution in [0.15, 0.2) is 48.5 Å². The van der Waals surface area contributed by atoms with E-state index in [1.807, 2.05) is 12.1 Å². The summed E-state index contributed by atoms with van der Waals surface area (Å²) >= 11 is 0. The molecular weight excluding hydrogens is 268 g/mol. The van der Waals surface area contributed by atoms with E-state index in [4.69, 9.17) is 11.5 Å². The largest absolute Gasteiger partial charge is 0.399 e. The maximum atomic E-state index is 11.9. The van der Waals surface area contributed by atoms with Crippen molar-refractivity contribution in [1.82, 2.24) is 0 Å². The van der Waals surface area contributed by atoms with E-state index in [1.54, 1.807) is 36.4 Å². The highest BCUT2D eigenvalue weighted by atomic mass is 16.2. The second kappa shape index (κ2) is 6.42. The average molecular weight is 284 g/mol. The van der Waals surface area contributed by atoms with E-state index in [2.05, 4.69) is 10.6 Å². The first kappa shape index (κ1) is 14.4. The van der Waals surface area contributed by atoms with Crippen molar-refractivity contribution in [3.63, 3.8) is 0 Å². The second-order valence-corrected chi connectivity index (χ2v) is 4.54. The maximum absolute atomic E-state index is 11.9. The number of anilines is 3. The minimum atomic E-state index is -0.631. The second-order valence-electron chi connectivity index (χ2n) is 4.54. The first-order chi connectivity index (χ1) is 10.0. The number of nitrogen functional groups attached to an aromatic ring is 1. The van der Waals surface area contributed by atoms with Gasteiger partial charge in [0.25, 0.3) is 0 Å². The van der Waals surface area contributed by atoms with Gasteiger partial charge >= 0.3 is 6.03 Å². The molecule has 2 aromatic rings. The summed E-state index contributed by atoms with van der Waals surface area (Å²) in [5, 5.41) is 5.21. The first-order valence-corrected chi connectivity index (χ1v) is 6.34. The van der Waals surface area contributed by atoms with Crippen molar-refractivity contribution in [2.24, 2.45) is 5.73 Å². The van der Waals surface area contributed by atoms with Crippen LogP contribution in [0.1, 0.15) is 5.56 Å². The van der Waals surface area contributed by atoms with Gasteiger partial charge in [-0.25, -0.2) is 4.79 Å². The van der Waals surface area contributed by atoms with Gasteiger partial charge in [0.1, 0.15) is 0 Å². The molecule has 0 radical (unpaired) electrons. The van der Waals surface area contributed by atoms with Crippen molar-refractivity contribution < 1.29 is 9.59 Å². The molecule has 0 bridgehead atoms. The fraction of sp³-hybridized carbons (Fsp3) is 0.0667. The van der Waals surface area contributed by atoms with Gasteiger partial charge in [0.15, 0.2) is 0 Å². The number of rotatable bonds is 4. The number of hydrogen-bond donors (Lipinski definition) is 4. The molecule has 0 aliphatic heterocycles. The molecule has 6 N–H and O–H groups in total. The minimum absolute atomic E-state index is 0.142. The fourth-order valence-corrected chi connectivity index (χ4v) is 1.87. The third-order valence-electron chi connectivity index (χ3n) is 2.75. The van der Waals surface area contributed by atoms with Crippen LogP contribution in [0, 0.1) is 0 Å². The van der Waals surface area contributed by atoms with Gasteiger partial charge in [-0.15, -0.1) is 0 Å². The summed E-state index contributed by atoms with van der Waals surface area (Å²) in [6.07, 6.45) is 0.242. The Morgan fingerprint density at radius 2 is 1.57 bits per heavy atom. The van der Waals surface area contributed by atoms with Gasteiger partial charge in [0.2, 0.25) is 5.91 Å². The molecule has 2 aromatic carbocycles. The van der Waals surface area contributed by atoms with Crippen molar-refractivity contribution in [1.29, 1.82) is 0 Å². The van der Waals surface area contributed by atoms with Crippen LogP contribution in [0.4, 0.5) is 21.9 Å². The number of carbonyl (C=O) groups excluding carboxylic acids is 2. The molecule has 2 rings (SSSR count). The normalized spacial score (nSPS) is 9.90. The molecule has 0 aliphatic rings. The molecule has 6 nitrogen and oxygen atoms in total. The molecule has 0 unspecified atom stereocenters. The van der Waals surface area contributed by atoms with Crippen LogP contribution in [0.3, 0.4) is 0 Å². The molecule has 0 heterocycles. The summed E-state index contributed by atoms with van der Waals surface area (Å²) < 4.78 is 0. The Kier molecular flexibility index (Phi) is 4.40. The standard InChI is InChI=1S/C15H16N4O2/c16-11-3-1-2-10(8-11)9-14(20)18-12-4-6-13(7-5-12)19-15(17)21/h1-8H,9,16H2,(H,18,20)(H3,17,19,21). The lowest BCUT2D eigenvalue weighted by Crippen LogP contribution is -2.19. The van der Waals surface area contributed by atoms with Crippen molar-refractivity contribution in [2.45, 2.75) is 6.42 Å². The fourth-order valence-electron chi connectivity index (χ4n) is 1.87. The Labute approximate surface area is 122 Å². The molecule has 108 valence electrons. The Morgan fingerprint density at radius 3 is 2.14 bits per heavy atom. The zero-order chi connectivity index (χ0) is 15.2. The molecule has 0 atom stereocenters. The minimum Gasteiger partial charge on any atom is -0.399 e. The van der Waals surface area contributed by atoms with Gasteiger partial charge < -0.3 is 22.1 Å². The van der Waals surface area contributed by atoms with E-state index in [9.17, 15) is 9.59 Å². The number of amides is 3. The van der Waals surface area contributed by atoms with E-state index in [-0.39, 0.29) is 12.3 Å². The van der Waals surface area contributed by atoms with Crippen molar-refractivity contribution in [3.8, 4) is 0 Å². The van der Waals surface area contributed by atoms with Crippen LogP contribution in [0.2, 0.25) is 0 Å². The van der Waals surface area contributed by atoms with Gasteiger partial charge in [-0.05, 0) is 42.0 Å². The van der Waals surface area contributed by atoms with Gasteiger partial charge in [-0.2, -0.15) is 0 Å². The smallest absolute Gasteiger partial charge is 0.316 e. The Balaban J connectivity index is 1.95. The Morgan fingerprint density at radius 1 is 0.952 bits per heavy atom. The van der Waals surface area contributed by atoms with E-state index in [1.165, 1.54) is 0 Å². The maximum Gasteiger partial charge on any atom is 0.316 e. The number of primary amides is 1. The van der Waals surface area contributed by atoms with Crippen molar-refractivity contribution in [3.05, 3.63) is 54.1 Å². The molecule has 0 aliphatic carbocycles. The van der Waals surface area contributed by atoms with Crippen molar-refractivity contribution >= 4 is 29.0 Å². The van der Waals surface area contributed by atoms with Crippen LogP contribution in [-0.4, -0.2) is 11.9 Å². The van der Waals surface area contributed by atoms with Crippen LogP contribution >= 0.6 is 0 Å². The Hall–Kier alpha value is -3.02. The molecule has 0 spiro atoms. The summed E-state index contributed by atoms with van der Waals surface area (Å²) in [6, 6.07) is 13.2. The summed E-state index contributed by atoms with van der Waals surface area (Å²) in [6.45, 7) is 0. The lowest BCUT2D eigenvalue weighted by molar-refractivity contribution is -0.115. The first-order valence-electron chi connectivity index (χ1n) is 6.34. The summed E-state index contributed by atoms with van der Waals surface area (Å²) in [7, 11) is 0. The summed E-state index contributed by atoms with van der Waals surface area (Å²) in [4.78, 5) is 22.6. The molecule has 3 amide bonds. The zero-order valence-corrected chi connectivity index (χ0v) is 11.3. The van der Waals surface area contributed by atoms with Crippen LogP contribution in [0.5, 0.6) is 0 Å². The predicted octanol–water partition coefficient (Wildman–Crippen LogP) is 1.94. The molecule has 6 heteroatoms. The number of nitrogens with two attached hydrogens (primary N) is 2. The lowest BCUT2D eigenvalue weighted by Gasteiger charge is -2.07. The molecule has 21 heavy (non-hydrogen) atoms. The molecular formula is C15H16N4O2. The third-order valence-corrected chi connectivity index (χ3v) is 2.75. The van der Waals surface area contributed by atoms with Gasteiger partial charge in [0.05, 0.1) is 6.42 Å². The number of benzene rings is 2. The van der Waals surface area contributed by atoms with Gasteiger partial charge in [-0.3, -0.25) is 4.79 Å². The van der Waals surface area contributed by atoms with E-state index in [0.29, 0.717) is 17.1 Å². The molecule has 0 saturated heterocycles. The Bertz CT molecular complexity index is 653. The topological polar surface area (TPSA) is 110 Å². The monoisotopic (exact) mass is 284 g/mol. The predicted molar refractivity (Wildman–Crippen MR) is 82.8 cm³/mol. The van der Waals surface area contributed by atoms with Gasteiger partial charge in [0, 0.05) is 17.1 Å². The highest BCUT2D eigenvalue weighted by Crippen LogP contribution is 2.14. The molecule has 0 fully saturated rings. The third kappa shape index (κ3) is 4.54. The quantitative estimate of drug-likeness (QED) is 0.644. The molecule has 0 aromatic heterocycles. The lowest BCUT2D eigenvalue weighted by atomic mass is 10.1. The van der Waals surface area contributed by atoms with Crippen LogP contribution in [0.25, 0.3) is 0 Å². The van der Waals surface area contributed by atoms with Crippen LogP contribution < -0.4 is 22.1 Å². The van der Waals surface area contributed by atoms with E-state index < -0.39 is 6.03 Å². The SMILES string of the molecule is NC(=O)Nc1ccc(NC(=O)Cc2cccc(N)c2)cc1. The summed E-state index contributed by atoms with van der Waals surface area (Å²) in [5.74, 6) is -0.142. The van der Waals surface area contributed by atoms with E-state index >= 15 is 0 Å². The highest BCUT2D eigenvalue weighted by molar-refractivity contribution is 5.93. The van der Waals surface area contributed by atoms with Gasteiger partial charge in [-0.1, -0.05) is 12.1 Å². The highest BCUT2D eigenvalue weighted by Gasteiger charge is 2.05. The average Bonchev–Trinajstić information content (AvgIpc) is 2.40. The summed E-state index contributed by atoms with van der Waals surface area (Å²) in [5.41, 5.74) is 13.4. The number of carbonyl (C=O) groups is 2. The zero-order valence-electron chi connectivity index (χ0n) is 11.3. The van der Waals surface area contributed by atoms with Crippen LogP contribution in [-0.2, 0) is 11.2 Å². The number of nitrogens with one attached hydrogen (secondary N) is 2. The number of hydrogen-bond acceptors (Lipinski definition) is 3. The van der Waals surface area contributed by atoms with E-state index in [0.717, 1.165) is 5.56 Å². The number of urea groups is 1. The molecule has 0 saturated carbocycles.